The van der Waals surface area contributed by atoms with Crippen LogP contribution in [0.3, 0.4) is 0 Å². The van der Waals surface area contributed by atoms with E-state index in [9.17, 15) is 0 Å². The molecule has 0 saturated carbocycles. The number of hydrogen-bond donors (Lipinski definition) is 1. The second-order valence-corrected chi connectivity index (χ2v) is 4.54. The van der Waals surface area contributed by atoms with Gasteiger partial charge in [-0.15, -0.1) is 0 Å². The van der Waals surface area contributed by atoms with Crippen molar-refractivity contribution in [3.63, 3.8) is 0 Å². The summed E-state index contributed by atoms with van der Waals surface area (Å²) in [4.78, 5) is 0. The maximum absolute atomic E-state index is 5.49. The molecule has 2 N–H and O–H groups in total. The molecule has 0 aliphatic carbocycles. The topological polar surface area (TPSA) is 35.2 Å². The van der Waals surface area contributed by atoms with Gasteiger partial charge in [-0.2, -0.15) is 0 Å². The lowest BCUT2D eigenvalue weighted by Gasteiger charge is -2.23. The lowest BCUT2D eigenvalue weighted by atomic mass is 9.95. The molecule has 0 aliphatic heterocycles. The van der Waals surface area contributed by atoms with E-state index < -0.39 is 0 Å². The minimum Gasteiger partial charge on any atom is -0.379 e. The Morgan fingerprint density at radius 2 is 1.92 bits per heavy atom. The van der Waals surface area contributed by atoms with Crippen LogP contribution in [0.15, 0.2) is 0 Å². The van der Waals surface area contributed by atoms with Gasteiger partial charge in [-0.25, -0.2) is 0 Å². The Kier molecular flexibility index (Phi) is 6.35. The molecular formula is C11H25NO. The summed E-state index contributed by atoms with van der Waals surface area (Å²) in [6, 6.07) is 0. The second kappa shape index (κ2) is 6.39. The van der Waals surface area contributed by atoms with Crippen LogP contribution in [-0.4, -0.2) is 19.3 Å². The average molecular weight is 187 g/mol. The Labute approximate surface area is 82.8 Å². The highest BCUT2D eigenvalue weighted by Crippen LogP contribution is 2.19. The molecule has 0 fully saturated rings. The van der Waals surface area contributed by atoms with Crippen molar-refractivity contribution >= 4 is 0 Å². The molecule has 1 atom stereocenters. The monoisotopic (exact) mass is 187 g/mol. The fourth-order valence-electron chi connectivity index (χ4n) is 1.41. The van der Waals surface area contributed by atoms with E-state index in [1.165, 1.54) is 12.8 Å². The van der Waals surface area contributed by atoms with Crippen molar-refractivity contribution in [1.29, 1.82) is 0 Å². The second-order valence-electron chi connectivity index (χ2n) is 4.54. The predicted molar refractivity (Wildman–Crippen MR) is 57.8 cm³/mol. The third-order valence-corrected chi connectivity index (χ3v) is 2.69. The summed E-state index contributed by atoms with van der Waals surface area (Å²) in [5.41, 5.74) is 5.53. The van der Waals surface area contributed by atoms with E-state index in [1.807, 2.05) is 0 Å². The minimum absolute atomic E-state index is 0.0441. The first-order valence-corrected chi connectivity index (χ1v) is 5.27. The summed E-state index contributed by atoms with van der Waals surface area (Å²) >= 11 is 0. The van der Waals surface area contributed by atoms with E-state index in [2.05, 4.69) is 20.8 Å². The highest BCUT2D eigenvalue weighted by Gasteiger charge is 2.15. The summed E-state index contributed by atoms with van der Waals surface area (Å²) in [7, 11) is 1.78. The van der Waals surface area contributed by atoms with Gasteiger partial charge < -0.3 is 10.5 Å². The molecule has 2 nitrogen and oxygen atoms in total. The largest absolute Gasteiger partial charge is 0.379 e. The van der Waals surface area contributed by atoms with Crippen LogP contribution in [0.4, 0.5) is 0 Å². The van der Waals surface area contributed by atoms with E-state index in [1.54, 1.807) is 7.11 Å². The zero-order valence-electron chi connectivity index (χ0n) is 9.60. The minimum atomic E-state index is 0.0441. The zero-order valence-corrected chi connectivity index (χ0v) is 9.60. The molecule has 2 heteroatoms. The standard InChI is InChI=1S/C11H25NO/c1-10(7-9-12)6-5-8-11(2,3)13-4/h10H,5-9,12H2,1-4H3/t10-/m0/s1. The molecule has 0 aromatic rings. The molecule has 0 spiro atoms. The van der Waals surface area contributed by atoms with E-state index in [0.29, 0.717) is 0 Å². The van der Waals surface area contributed by atoms with Crippen molar-refractivity contribution in [2.45, 2.75) is 52.1 Å². The normalized spacial score (nSPS) is 14.5. The molecule has 80 valence electrons. The molecule has 13 heavy (non-hydrogen) atoms. The Morgan fingerprint density at radius 3 is 2.38 bits per heavy atom. The maximum Gasteiger partial charge on any atom is 0.0622 e. The Hall–Kier alpha value is -0.0800. The maximum atomic E-state index is 5.49. The van der Waals surface area contributed by atoms with Gasteiger partial charge in [0.2, 0.25) is 0 Å². The molecule has 0 aromatic carbocycles. The summed E-state index contributed by atoms with van der Waals surface area (Å²) in [6.07, 6.45) is 4.79. The smallest absolute Gasteiger partial charge is 0.0622 e. The van der Waals surface area contributed by atoms with Crippen molar-refractivity contribution in [2.75, 3.05) is 13.7 Å². The quantitative estimate of drug-likeness (QED) is 0.665. The Morgan fingerprint density at radius 1 is 1.31 bits per heavy atom. The van der Waals surface area contributed by atoms with Gasteiger partial charge in [0, 0.05) is 7.11 Å². The van der Waals surface area contributed by atoms with Gasteiger partial charge in [-0.1, -0.05) is 19.8 Å². The first-order valence-electron chi connectivity index (χ1n) is 5.27. The fraction of sp³-hybridized carbons (Fsp3) is 1.00. The van der Waals surface area contributed by atoms with Gasteiger partial charge in [0.15, 0.2) is 0 Å². The van der Waals surface area contributed by atoms with Gasteiger partial charge in [0.1, 0.15) is 0 Å². The molecule has 0 unspecified atom stereocenters. The molecule has 0 radical (unpaired) electrons. The van der Waals surface area contributed by atoms with Gasteiger partial charge in [0.05, 0.1) is 5.60 Å². The highest BCUT2D eigenvalue weighted by atomic mass is 16.5. The molecule has 0 aromatic heterocycles. The highest BCUT2D eigenvalue weighted by molar-refractivity contribution is 4.68. The Balaban J connectivity index is 3.44. The molecule has 0 rings (SSSR count). The van der Waals surface area contributed by atoms with E-state index in [-0.39, 0.29) is 5.60 Å². The van der Waals surface area contributed by atoms with Crippen molar-refractivity contribution < 1.29 is 4.74 Å². The molecule has 0 saturated heterocycles. The van der Waals surface area contributed by atoms with Crippen LogP contribution in [0, 0.1) is 5.92 Å². The molecule has 0 aliphatic rings. The third kappa shape index (κ3) is 7.03. The van der Waals surface area contributed by atoms with E-state index >= 15 is 0 Å². The number of ether oxygens (including phenoxy) is 1. The van der Waals surface area contributed by atoms with Crippen LogP contribution in [-0.2, 0) is 4.74 Å². The number of rotatable bonds is 7. The first-order chi connectivity index (χ1) is 6.02. The first kappa shape index (κ1) is 12.9. The summed E-state index contributed by atoms with van der Waals surface area (Å²) < 4.78 is 5.35. The van der Waals surface area contributed by atoms with Gasteiger partial charge in [-0.3, -0.25) is 0 Å². The zero-order chi connectivity index (χ0) is 10.3. The predicted octanol–water partition coefficient (Wildman–Crippen LogP) is 2.57. The van der Waals surface area contributed by atoms with Crippen molar-refractivity contribution in [3.05, 3.63) is 0 Å². The lowest BCUT2D eigenvalue weighted by molar-refractivity contribution is 0.0127. The van der Waals surface area contributed by atoms with E-state index in [4.69, 9.17) is 10.5 Å². The van der Waals surface area contributed by atoms with Crippen molar-refractivity contribution in [2.24, 2.45) is 11.7 Å². The molecule has 0 amide bonds. The molecular weight excluding hydrogens is 162 g/mol. The summed E-state index contributed by atoms with van der Waals surface area (Å²) in [5, 5.41) is 0. The number of hydrogen-bond acceptors (Lipinski definition) is 2. The van der Waals surface area contributed by atoms with Crippen LogP contribution in [0.25, 0.3) is 0 Å². The average Bonchev–Trinajstić information content (AvgIpc) is 2.05. The van der Waals surface area contributed by atoms with Gasteiger partial charge >= 0.3 is 0 Å². The number of methoxy groups -OCH3 is 1. The van der Waals surface area contributed by atoms with Crippen LogP contribution in [0.1, 0.15) is 46.5 Å². The van der Waals surface area contributed by atoms with Crippen LogP contribution >= 0.6 is 0 Å². The molecule has 0 bridgehead atoms. The van der Waals surface area contributed by atoms with Crippen molar-refractivity contribution in [1.82, 2.24) is 0 Å². The SMILES string of the molecule is COC(C)(C)CCC[C@H](C)CCN. The van der Waals surface area contributed by atoms with Gasteiger partial charge in [0.25, 0.3) is 0 Å². The van der Waals surface area contributed by atoms with Crippen LogP contribution in [0.2, 0.25) is 0 Å². The van der Waals surface area contributed by atoms with Crippen LogP contribution in [0.5, 0.6) is 0 Å². The fourth-order valence-corrected chi connectivity index (χ4v) is 1.41. The van der Waals surface area contributed by atoms with E-state index in [0.717, 1.165) is 25.3 Å². The van der Waals surface area contributed by atoms with Crippen molar-refractivity contribution in [3.8, 4) is 0 Å². The Bertz CT molecular complexity index is 123. The summed E-state index contributed by atoms with van der Waals surface area (Å²) in [5.74, 6) is 0.762. The van der Waals surface area contributed by atoms with Crippen LogP contribution < -0.4 is 5.73 Å². The third-order valence-electron chi connectivity index (χ3n) is 2.69. The lowest BCUT2D eigenvalue weighted by Crippen LogP contribution is -2.22. The number of nitrogens with two attached hydrogens (primary N) is 1. The van der Waals surface area contributed by atoms with Gasteiger partial charge in [-0.05, 0) is 39.2 Å². The summed E-state index contributed by atoms with van der Waals surface area (Å²) in [6.45, 7) is 7.36. The molecule has 0 heterocycles.